The van der Waals surface area contributed by atoms with Crippen LogP contribution in [0.3, 0.4) is 0 Å². The van der Waals surface area contributed by atoms with Crippen LogP contribution in [0.15, 0.2) is 41.9 Å². The van der Waals surface area contributed by atoms with Crippen molar-refractivity contribution in [1.82, 2.24) is 9.88 Å². The van der Waals surface area contributed by atoms with Crippen molar-refractivity contribution in [2.24, 2.45) is 0 Å². The molecule has 0 aliphatic carbocycles. The van der Waals surface area contributed by atoms with Gasteiger partial charge in [-0.1, -0.05) is 30.3 Å². The van der Waals surface area contributed by atoms with Crippen LogP contribution in [0.4, 0.5) is 0 Å². The lowest BCUT2D eigenvalue weighted by atomic mass is 9.95. The Morgan fingerprint density at radius 3 is 2.91 bits per heavy atom. The number of piperidine rings is 1. The van der Waals surface area contributed by atoms with Crippen LogP contribution < -0.4 is 0 Å². The molecule has 1 aromatic heterocycles. The van der Waals surface area contributed by atoms with E-state index in [9.17, 15) is 4.79 Å². The average Bonchev–Trinajstić information content (AvgIpc) is 3.08. The van der Waals surface area contributed by atoms with Gasteiger partial charge in [0.15, 0.2) is 0 Å². The second-order valence-corrected chi connectivity index (χ2v) is 6.83. The van der Waals surface area contributed by atoms with Crippen LogP contribution in [0.2, 0.25) is 0 Å². The number of likely N-dealkylation sites (tertiary alicyclic amines) is 1. The van der Waals surface area contributed by atoms with E-state index in [4.69, 9.17) is 0 Å². The molecular formula is C18H22N2OS. The molecule has 0 spiro atoms. The number of carbonyl (C=O) groups is 1. The Hall–Kier alpha value is -1.68. The lowest BCUT2D eigenvalue weighted by Crippen LogP contribution is -2.44. The number of nitrogens with zero attached hydrogens (tertiary/aromatic N) is 2. The molecule has 22 heavy (non-hydrogen) atoms. The minimum Gasteiger partial charge on any atom is -0.339 e. The predicted octanol–water partition coefficient (Wildman–Crippen LogP) is 3.70. The fraction of sp³-hybridized carbons (Fsp3) is 0.444. The molecule has 0 bridgehead atoms. The number of amides is 1. The maximum Gasteiger partial charge on any atom is 0.223 e. The van der Waals surface area contributed by atoms with E-state index < -0.39 is 0 Å². The fourth-order valence-corrected chi connectivity index (χ4v) is 3.78. The molecule has 116 valence electrons. The standard InChI is InChI=1S/C18H22N2OS/c21-18(10-9-17-19-11-13-22-17)20-12-5-4-8-16(20)14-15-6-2-1-3-7-15/h1-3,6-7,11,13,16H,4-5,8-10,12,14H2. The highest BCUT2D eigenvalue weighted by Gasteiger charge is 2.26. The Kier molecular flexibility index (Phi) is 5.22. The van der Waals surface area contributed by atoms with E-state index in [2.05, 4.69) is 34.1 Å². The zero-order valence-corrected chi connectivity index (χ0v) is 13.6. The molecule has 1 fully saturated rings. The van der Waals surface area contributed by atoms with E-state index >= 15 is 0 Å². The zero-order valence-electron chi connectivity index (χ0n) is 12.8. The average molecular weight is 314 g/mol. The number of hydrogen-bond acceptors (Lipinski definition) is 3. The number of aromatic nitrogens is 1. The highest BCUT2D eigenvalue weighted by Crippen LogP contribution is 2.22. The van der Waals surface area contributed by atoms with Gasteiger partial charge in [-0.2, -0.15) is 0 Å². The van der Waals surface area contributed by atoms with Gasteiger partial charge in [0.05, 0.1) is 5.01 Å². The molecular weight excluding hydrogens is 292 g/mol. The van der Waals surface area contributed by atoms with Gasteiger partial charge in [0, 0.05) is 37.0 Å². The molecule has 3 nitrogen and oxygen atoms in total. The number of thiazole rings is 1. The summed E-state index contributed by atoms with van der Waals surface area (Å²) in [5, 5.41) is 3.03. The van der Waals surface area contributed by atoms with Crippen LogP contribution in [0, 0.1) is 0 Å². The van der Waals surface area contributed by atoms with Gasteiger partial charge in [-0.3, -0.25) is 4.79 Å². The maximum absolute atomic E-state index is 12.6. The monoisotopic (exact) mass is 314 g/mol. The molecule has 1 aliphatic heterocycles. The first-order chi connectivity index (χ1) is 10.8. The topological polar surface area (TPSA) is 33.2 Å². The lowest BCUT2D eigenvalue weighted by Gasteiger charge is -2.36. The van der Waals surface area contributed by atoms with Crippen LogP contribution in [0.1, 0.15) is 36.3 Å². The molecule has 1 saturated heterocycles. The molecule has 0 saturated carbocycles. The summed E-state index contributed by atoms with van der Waals surface area (Å²) in [4.78, 5) is 19.0. The molecule has 3 rings (SSSR count). The van der Waals surface area contributed by atoms with Gasteiger partial charge in [0.1, 0.15) is 0 Å². The van der Waals surface area contributed by atoms with Crippen LogP contribution in [0.25, 0.3) is 0 Å². The van der Waals surface area contributed by atoms with Crippen LogP contribution in [0.5, 0.6) is 0 Å². The molecule has 1 atom stereocenters. The van der Waals surface area contributed by atoms with Crippen LogP contribution in [-0.4, -0.2) is 28.4 Å². The van der Waals surface area contributed by atoms with Crippen molar-refractivity contribution < 1.29 is 4.79 Å². The van der Waals surface area contributed by atoms with Gasteiger partial charge in [-0.05, 0) is 31.2 Å². The van der Waals surface area contributed by atoms with Gasteiger partial charge >= 0.3 is 0 Å². The summed E-state index contributed by atoms with van der Waals surface area (Å²) in [5.74, 6) is 0.288. The van der Waals surface area contributed by atoms with Gasteiger partial charge in [-0.15, -0.1) is 11.3 Å². The minimum absolute atomic E-state index is 0.288. The van der Waals surface area contributed by atoms with Crippen molar-refractivity contribution in [2.75, 3.05) is 6.54 Å². The summed E-state index contributed by atoms with van der Waals surface area (Å²) in [6.07, 6.45) is 7.62. The lowest BCUT2D eigenvalue weighted by molar-refractivity contribution is -0.134. The number of hydrogen-bond donors (Lipinski definition) is 0. The Balaban J connectivity index is 1.60. The third kappa shape index (κ3) is 3.95. The molecule has 0 N–H and O–H groups in total. The second kappa shape index (κ2) is 7.54. The van der Waals surface area contributed by atoms with Gasteiger partial charge in [0.25, 0.3) is 0 Å². The van der Waals surface area contributed by atoms with Crippen molar-refractivity contribution in [3.8, 4) is 0 Å². The van der Waals surface area contributed by atoms with Gasteiger partial charge in [0.2, 0.25) is 5.91 Å². The van der Waals surface area contributed by atoms with Crippen molar-refractivity contribution in [1.29, 1.82) is 0 Å². The molecule has 1 unspecified atom stereocenters. The molecule has 0 radical (unpaired) electrons. The largest absolute Gasteiger partial charge is 0.339 e. The summed E-state index contributed by atoms with van der Waals surface area (Å²) in [6.45, 7) is 0.911. The first-order valence-electron chi connectivity index (χ1n) is 8.04. The smallest absolute Gasteiger partial charge is 0.223 e. The summed E-state index contributed by atoms with van der Waals surface area (Å²) >= 11 is 1.63. The van der Waals surface area contributed by atoms with E-state index in [1.54, 1.807) is 11.3 Å². The Labute approximate surface area is 136 Å². The summed E-state index contributed by atoms with van der Waals surface area (Å²) in [5.41, 5.74) is 1.33. The first kappa shape index (κ1) is 15.2. The SMILES string of the molecule is O=C(CCc1nccs1)N1CCCCC1Cc1ccccc1. The Bertz CT molecular complexity index is 582. The van der Waals surface area contributed by atoms with Gasteiger partial charge in [-0.25, -0.2) is 4.98 Å². The van der Waals surface area contributed by atoms with Crippen molar-refractivity contribution in [2.45, 2.75) is 44.6 Å². The van der Waals surface area contributed by atoms with Crippen LogP contribution in [-0.2, 0) is 17.6 Å². The molecule has 1 aromatic carbocycles. The minimum atomic E-state index is 0.288. The summed E-state index contributed by atoms with van der Waals surface area (Å²) in [7, 11) is 0. The first-order valence-corrected chi connectivity index (χ1v) is 8.92. The zero-order chi connectivity index (χ0) is 15.2. The molecule has 2 heterocycles. The third-order valence-electron chi connectivity index (χ3n) is 4.30. The number of carbonyl (C=O) groups excluding carboxylic acids is 1. The van der Waals surface area contributed by atoms with Crippen molar-refractivity contribution in [3.05, 3.63) is 52.5 Å². The highest BCUT2D eigenvalue weighted by molar-refractivity contribution is 7.09. The van der Waals surface area contributed by atoms with Crippen molar-refractivity contribution >= 4 is 17.2 Å². The normalized spacial score (nSPS) is 18.4. The van der Waals surface area contributed by atoms with Crippen LogP contribution >= 0.6 is 11.3 Å². The number of benzene rings is 1. The Morgan fingerprint density at radius 1 is 1.27 bits per heavy atom. The summed E-state index contributed by atoms with van der Waals surface area (Å²) < 4.78 is 0. The second-order valence-electron chi connectivity index (χ2n) is 5.85. The van der Waals surface area contributed by atoms with E-state index in [0.717, 1.165) is 37.2 Å². The molecule has 4 heteroatoms. The fourth-order valence-electron chi connectivity index (χ4n) is 3.16. The number of rotatable bonds is 5. The molecule has 1 amide bonds. The Morgan fingerprint density at radius 2 is 2.14 bits per heavy atom. The molecule has 1 aliphatic rings. The quantitative estimate of drug-likeness (QED) is 0.843. The predicted molar refractivity (Wildman–Crippen MR) is 89.9 cm³/mol. The highest BCUT2D eigenvalue weighted by atomic mass is 32.1. The van der Waals surface area contributed by atoms with Gasteiger partial charge < -0.3 is 4.90 Å². The van der Waals surface area contributed by atoms with E-state index in [1.807, 2.05) is 17.6 Å². The summed E-state index contributed by atoms with van der Waals surface area (Å²) in [6, 6.07) is 10.9. The number of aryl methyl sites for hydroxylation is 1. The van der Waals surface area contributed by atoms with E-state index in [-0.39, 0.29) is 5.91 Å². The maximum atomic E-state index is 12.6. The van der Waals surface area contributed by atoms with Crippen molar-refractivity contribution in [3.63, 3.8) is 0 Å². The molecule has 2 aromatic rings. The van der Waals surface area contributed by atoms with E-state index in [0.29, 0.717) is 12.5 Å². The third-order valence-corrected chi connectivity index (χ3v) is 5.14. The van der Waals surface area contributed by atoms with E-state index in [1.165, 1.54) is 12.0 Å².